The van der Waals surface area contributed by atoms with Crippen LogP contribution in [0.4, 0.5) is 0 Å². The zero-order chi connectivity index (χ0) is 9.23. The van der Waals surface area contributed by atoms with Crippen LogP contribution >= 0.6 is 0 Å². The van der Waals surface area contributed by atoms with E-state index in [9.17, 15) is 14.4 Å². The Kier molecular flexibility index (Phi) is 2.32. The van der Waals surface area contributed by atoms with E-state index in [4.69, 9.17) is 15.3 Å². The van der Waals surface area contributed by atoms with Gasteiger partial charge in [-0.1, -0.05) is 0 Å². The van der Waals surface area contributed by atoms with Crippen molar-refractivity contribution in [2.45, 2.75) is 12.5 Å². The van der Waals surface area contributed by atoms with Gasteiger partial charge in [0.05, 0.1) is 0 Å². The first-order chi connectivity index (χ1) is 4.80. The standard InChI is InChI=1S/C5H6O6/c1-5(11,4(9)10)2(6)3(7)8/h11H,1H3,(H,7,8)(H,9,10). The van der Waals surface area contributed by atoms with E-state index in [2.05, 4.69) is 0 Å². The summed E-state index contributed by atoms with van der Waals surface area (Å²) in [5.41, 5.74) is -2.84. The normalized spacial score (nSPS) is 15.1. The molecule has 0 spiro atoms. The predicted molar refractivity (Wildman–Crippen MR) is 30.9 cm³/mol. The molecule has 1 unspecified atom stereocenters. The second-order valence-electron chi connectivity index (χ2n) is 2.01. The Morgan fingerprint density at radius 3 is 1.64 bits per heavy atom. The third-order valence-electron chi connectivity index (χ3n) is 1.05. The molecular formula is C5H6O6. The lowest BCUT2D eigenvalue weighted by atomic mass is 10.0. The molecule has 0 aliphatic heterocycles. The molecule has 0 bridgehead atoms. The Hall–Kier alpha value is -1.43. The molecule has 62 valence electrons. The van der Waals surface area contributed by atoms with Crippen molar-refractivity contribution in [2.24, 2.45) is 0 Å². The van der Waals surface area contributed by atoms with Crippen LogP contribution in [0.2, 0.25) is 0 Å². The highest BCUT2D eigenvalue weighted by molar-refractivity contribution is 6.40. The van der Waals surface area contributed by atoms with Gasteiger partial charge in [0.2, 0.25) is 5.60 Å². The zero-order valence-electron chi connectivity index (χ0n) is 5.57. The molecule has 0 aliphatic carbocycles. The lowest BCUT2D eigenvalue weighted by Crippen LogP contribution is -2.47. The quantitative estimate of drug-likeness (QED) is 0.343. The minimum atomic E-state index is -2.84. The van der Waals surface area contributed by atoms with E-state index in [0.717, 1.165) is 0 Å². The van der Waals surface area contributed by atoms with Gasteiger partial charge in [-0.2, -0.15) is 0 Å². The Morgan fingerprint density at radius 1 is 1.18 bits per heavy atom. The van der Waals surface area contributed by atoms with Crippen molar-refractivity contribution in [3.05, 3.63) is 0 Å². The summed E-state index contributed by atoms with van der Waals surface area (Å²) in [6.45, 7) is 0.603. The molecule has 11 heavy (non-hydrogen) atoms. The van der Waals surface area contributed by atoms with Gasteiger partial charge in [0.15, 0.2) is 0 Å². The monoisotopic (exact) mass is 162 g/mol. The van der Waals surface area contributed by atoms with Gasteiger partial charge in [-0.3, -0.25) is 4.79 Å². The number of carboxylic acid groups (broad SMARTS) is 2. The summed E-state index contributed by atoms with van der Waals surface area (Å²) in [4.78, 5) is 30.3. The third-order valence-corrected chi connectivity index (χ3v) is 1.05. The second-order valence-corrected chi connectivity index (χ2v) is 2.01. The summed E-state index contributed by atoms with van der Waals surface area (Å²) in [7, 11) is 0. The first-order valence-electron chi connectivity index (χ1n) is 2.53. The van der Waals surface area contributed by atoms with Crippen LogP contribution in [-0.2, 0) is 14.4 Å². The largest absolute Gasteiger partial charge is 0.479 e. The lowest BCUT2D eigenvalue weighted by molar-refractivity contribution is -0.170. The molecule has 0 aromatic rings. The molecule has 0 radical (unpaired) electrons. The van der Waals surface area contributed by atoms with E-state index < -0.39 is 23.3 Å². The van der Waals surface area contributed by atoms with Crippen LogP contribution in [0.25, 0.3) is 0 Å². The highest BCUT2D eigenvalue weighted by Crippen LogP contribution is 2.04. The van der Waals surface area contributed by atoms with Crippen LogP contribution < -0.4 is 0 Å². The number of carboxylic acids is 2. The number of carbonyl (C=O) groups is 3. The Balaban J connectivity index is 4.70. The Bertz CT molecular complexity index is 215. The summed E-state index contributed by atoms with van der Waals surface area (Å²) in [5, 5.41) is 24.8. The van der Waals surface area contributed by atoms with E-state index in [0.29, 0.717) is 6.92 Å². The van der Waals surface area contributed by atoms with Crippen molar-refractivity contribution in [2.75, 3.05) is 0 Å². The molecule has 0 saturated carbocycles. The molecule has 0 aromatic carbocycles. The van der Waals surface area contributed by atoms with E-state index >= 15 is 0 Å². The maximum absolute atomic E-state index is 10.4. The molecule has 0 amide bonds. The number of hydrogen-bond acceptors (Lipinski definition) is 4. The van der Waals surface area contributed by atoms with Crippen molar-refractivity contribution >= 4 is 17.7 Å². The van der Waals surface area contributed by atoms with Crippen molar-refractivity contribution in [3.8, 4) is 0 Å². The summed E-state index contributed by atoms with van der Waals surface area (Å²) in [6, 6.07) is 0. The molecule has 6 nitrogen and oxygen atoms in total. The molecule has 0 rings (SSSR count). The fourth-order valence-electron chi connectivity index (χ4n) is 0.305. The molecule has 3 N–H and O–H groups in total. The van der Waals surface area contributed by atoms with E-state index in [1.54, 1.807) is 0 Å². The highest BCUT2D eigenvalue weighted by atomic mass is 16.4. The fourth-order valence-corrected chi connectivity index (χ4v) is 0.305. The van der Waals surface area contributed by atoms with Gasteiger partial charge in [-0.15, -0.1) is 0 Å². The summed E-state index contributed by atoms with van der Waals surface area (Å²) in [5.74, 6) is -5.62. The minimum absolute atomic E-state index is 0.603. The van der Waals surface area contributed by atoms with Crippen LogP contribution in [-0.4, -0.2) is 38.6 Å². The van der Waals surface area contributed by atoms with Crippen LogP contribution in [0.1, 0.15) is 6.92 Å². The van der Waals surface area contributed by atoms with Gasteiger partial charge in [0, 0.05) is 0 Å². The number of rotatable bonds is 3. The van der Waals surface area contributed by atoms with E-state index in [-0.39, 0.29) is 0 Å². The molecule has 0 saturated heterocycles. The van der Waals surface area contributed by atoms with Gasteiger partial charge in [-0.05, 0) is 6.92 Å². The molecule has 6 heteroatoms. The maximum Gasteiger partial charge on any atom is 0.375 e. The maximum atomic E-state index is 10.4. The Labute approximate surface area is 61.1 Å². The topological polar surface area (TPSA) is 112 Å². The molecular weight excluding hydrogens is 156 g/mol. The summed E-state index contributed by atoms with van der Waals surface area (Å²) in [6.07, 6.45) is 0. The molecule has 0 aliphatic rings. The average Bonchev–Trinajstić information content (AvgIpc) is 1.85. The first-order valence-corrected chi connectivity index (χ1v) is 2.53. The number of ketones is 1. The van der Waals surface area contributed by atoms with Gasteiger partial charge in [0.1, 0.15) is 0 Å². The molecule has 0 heterocycles. The van der Waals surface area contributed by atoms with Crippen molar-refractivity contribution in [3.63, 3.8) is 0 Å². The van der Waals surface area contributed by atoms with Gasteiger partial charge in [-0.25, -0.2) is 9.59 Å². The number of aliphatic carboxylic acids is 2. The smallest absolute Gasteiger partial charge is 0.375 e. The van der Waals surface area contributed by atoms with E-state index in [1.165, 1.54) is 0 Å². The van der Waals surface area contributed by atoms with Crippen molar-refractivity contribution < 1.29 is 29.7 Å². The lowest BCUT2D eigenvalue weighted by Gasteiger charge is -2.12. The SMILES string of the molecule is CC(O)(C(=O)O)C(=O)C(=O)O. The predicted octanol–water partition coefficient (Wildman–Crippen LogP) is -1.52. The third kappa shape index (κ3) is 1.74. The first kappa shape index (κ1) is 9.57. The fraction of sp³-hybridized carbons (Fsp3) is 0.400. The number of carbonyl (C=O) groups excluding carboxylic acids is 1. The van der Waals surface area contributed by atoms with Crippen molar-refractivity contribution in [1.82, 2.24) is 0 Å². The zero-order valence-corrected chi connectivity index (χ0v) is 5.57. The average molecular weight is 162 g/mol. The molecule has 1 atom stereocenters. The van der Waals surface area contributed by atoms with Crippen LogP contribution in [0.5, 0.6) is 0 Å². The summed E-state index contributed by atoms with van der Waals surface area (Å²) < 4.78 is 0. The van der Waals surface area contributed by atoms with Gasteiger partial charge >= 0.3 is 11.9 Å². The Morgan fingerprint density at radius 2 is 1.55 bits per heavy atom. The minimum Gasteiger partial charge on any atom is -0.479 e. The highest BCUT2D eigenvalue weighted by Gasteiger charge is 2.42. The second kappa shape index (κ2) is 2.67. The van der Waals surface area contributed by atoms with Gasteiger partial charge in [0.25, 0.3) is 5.78 Å². The number of hydrogen-bond donors (Lipinski definition) is 3. The number of Topliss-reactive ketones (excluding diaryl/α,β-unsaturated/α-hetero) is 1. The summed E-state index contributed by atoms with van der Waals surface area (Å²) >= 11 is 0. The molecule has 0 aromatic heterocycles. The van der Waals surface area contributed by atoms with Crippen LogP contribution in [0, 0.1) is 0 Å². The van der Waals surface area contributed by atoms with Crippen LogP contribution in [0.15, 0.2) is 0 Å². The van der Waals surface area contributed by atoms with Gasteiger partial charge < -0.3 is 15.3 Å². The van der Waals surface area contributed by atoms with Crippen LogP contribution in [0.3, 0.4) is 0 Å². The molecule has 0 fully saturated rings. The van der Waals surface area contributed by atoms with E-state index in [1.807, 2.05) is 0 Å². The number of aliphatic hydroxyl groups is 1. The van der Waals surface area contributed by atoms with Crippen molar-refractivity contribution in [1.29, 1.82) is 0 Å².